The molecular weight excluding hydrogens is 288 g/mol. The molecule has 24 heavy (non-hydrogen) atoms. The zero-order valence-electron chi connectivity index (χ0n) is 13.3. The highest BCUT2D eigenvalue weighted by Gasteiger charge is 2.07. The van der Waals surface area contributed by atoms with E-state index in [1.54, 1.807) is 0 Å². The fourth-order valence-electron chi connectivity index (χ4n) is 2.99. The maximum absolute atomic E-state index is 3.41. The van der Waals surface area contributed by atoms with Gasteiger partial charge in [-0.05, 0) is 39.4 Å². The van der Waals surface area contributed by atoms with Crippen LogP contribution in [0.25, 0.3) is 33.4 Å². The summed E-state index contributed by atoms with van der Waals surface area (Å²) in [7, 11) is 0. The predicted molar refractivity (Wildman–Crippen MR) is 102 cm³/mol. The Morgan fingerprint density at radius 1 is 0.417 bits per heavy atom. The summed E-state index contributed by atoms with van der Waals surface area (Å²) >= 11 is 0. The summed E-state index contributed by atoms with van der Waals surface area (Å²) in [6, 6.07) is 39.3. The zero-order chi connectivity index (χ0) is 16.2. The maximum Gasteiger partial charge on any atom is -0.00266 e. The van der Waals surface area contributed by atoms with Crippen LogP contribution in [0.1, 0.15) is 0 Å². The molecular formula is C24H17. The van der Waals surface area contributed by atoms with E-state index < -0.39 is 0 Å². The molecule has 0 aliphatic rings. The molecule has 0 unspecified atom stereocenters. The molecule has 0 amide bonds. The second-order valence-electron chi connectivity index (χ2n) is 5.77. The van der Waals surface area contributed by atoms with Crippen molar-refractivity contribution < 1.29 is 0 Å². The van der Waals surface area contributed by atoms with E-state index in [0.29, 0.717) is 0 Å². The van der Waals surface area contributed by atoms with Gasteiger partial charge in [0.05, 0.1) is 0 Å². The predicted octanol–water partition coefficient (Wildman–Crippen LogP) is 6.49. The van der Waals surface area contributed by atoms with Gasteiger partial charge in [-0.15, -0.1) is 0 Å². The van der Waals surface area contributed by atoms with Gasteiger partial charge in [0.25, 0.3) is 0 Å². The van der Waals surface area contributed by atoms with Gasteiger partial charge in [-0.1, -0.05) is 103 Å². The topological polar surface area (TPSA) is 0 Å². The third-order valence-corrected chi connectivity index (χ3v) is 4.22. The van der Waals surface area contributed by atoms with Crippen LogP contribution in [0.3, 0.4) is 0 Å². The lowest BCUT2D eigenvalue weighted by Crippen LogP contribution is -1.85. The first-order chi connectivity index (χ1) is 11.9. The van der Waals surface area contributed by atoms with Gasteiger partial charge in [0.2, 0.25) is 0 Å². The molecule has 4 aromatic carbocycles. The normalized spacial score (nSPS) is 10.5. The Hall–Kier alpha value is -3.12. The Balaban J connectivity index is 1.75. The lowest BCUT2D eigenvalue weighted by molar-refractivity contribution is 1.56. The van der Waals surface area contributed by atoms with Gasteiger partial charge in [-0.3, -0.25) is 0 Å². The van der Waals surface area contributed by atoms with Crippen molar-refractivity contribution >= 4 is 0 Å². The van der Waals surface area contributed by atoms with Crippen molar-refractivity contribution in [2.75, 3.05) is 0 Å². The van der Waals surface area contributed by atoms with Gasteiger partial charge >= 0.3 is 0 Å². The monoisotopic (exact) mass is 305 g/mol. The van der Waals surface area contributed by atoms with Crippen LogP contribution < -0.4 is 0 Å². The van der Waals surface area contributed by atoms with Crippen molar-refractivity contribution in [2.45, 2.75) is 0 Å². The summed E-state index contributed by atoms with van der Waals surface area (Å²) in [5, 5.41) is 0. The highest BCUT2D eigenvalue weighted by Crippen LogP contribution is 2.32. The fraction of sp³-hybridized carbons (Fsp3) is 0. The second-order valence-corrected chi connectivity index (χ2v) is 5.77. The van der Waals surface area contributed by atoms with Crippen molar-refractivity contribution in [3.63, 3.8) is 0 Å². The van der Waals surface area contributed by atoms with Crippen LogP contribution in [-0.2, 0) is 0 Å². The summed E-state index contributed by atoms with van der Waals surface area (Å²) in [5.41, 5.74) is 7.24. The molecule has 0 nitrogen and oxygen atoms in total. The van der Waals surface area contributed by atoms with Crippen molar-refractivity contribution in [1.29, 1.82) is 0 Å². The zero-order valence-corrected chi connectivity index (χ0v) is 13.3. The van der Waals surface area contributed by atoms with Gasteiger partial charge in [-0.25, -0.2) is 0 Å². The fourth-order valence-corrected chi connectivity index (χ4v) is 2.99. The van der Waals surface area contributed by atoms with Gasteiger partial charge in [0.1, 0.15) is 0 Å². The smallest absolute Gasteiger partial charge is 0.00266 e. The summed E-state index contributed by atoms with van der Waals surface area (Å²) in [5.74, 6) is 0. The molecule has 0 aliphatic heterocycles. The molecule has 1 radical (unpaired) electrons. The molecule has 0 bridgehead atoms. The Kier molecular flexibility index (Phi) is 3.95. The largest absolute Gasteiger partial charge is 0.0622 e. The van der Waals surface area contributed by atoms with E-state index in [0.717, 1.165) is 5.56 Å². The SMILES string of the molecule is [c]1cccc(-c2ccccc2)c1-c1ccc(-c2ccccc2)cc1. The van der Waals surface area contributed by atoms with Crippen molar-refractivity contribution in [1.82, 2.24) is 0 Å². The van der Waals surface area contributed by atoms with Crippen LogP contribution in [0.5, 0.6) is 0 Å². The van der Waals surface area contributed by atoms with Gasteiger partial charge in [0.15, 0.2) is 0 Å². The number of hydrogen-bond acceptors (Lipinski definition) is 0. The summed E-state index contributed by atoms with van der Waals surface area (Å²) in [4.78, 5) is 0. The highest BCUT2D eigenvalue weighted by molar-refractivity contribution is 5.83. The van der Waals surface area contributed by atoms with Crippen LogP contribution in [0.15, 0.2) is 103 Å². The first-order valence-corrected chi connectivity index (χ1v) is 8.14. The van der Waals surface area contributed by atoms with E-state index in [-0.39, 0.29) is 0 Å². The average Bonchev–Trinajstić information content (AvgIpc) is 2.69. The van der Waals surface area contributed by atoms with Crippen LogP contribution >= 0.6 is 0 Å². The highest BCUT2D eigenvalue weighted by atomic mass is 14.1. The molecule has 0 saturated heterocycles. The van der Waals surface area contributed by atoms with E-state index in [1.807, 2.05) is 24.3 Å². The Morgan fingerprint density at radius 2 is 0.958 bits per heavy atom. The Morgan fingerprint density at radius 3 is 1.62 bits per heavy atom. The molecule has 0 fully saturated rings. The molecule has 0 N–H and O–H groups in total. The van der Waals surface area contributed by atoms with E-state index in [9.17, 15) is 0 Å². The van der Waals surface area contributed by atoms with Crippen molar-refractivity contribution in [3.05, 3.63) is 109 Å². The standard InChI is InChI=1S/C24H17/c1-3-9-19(10-4-1)20-15-17-22(18-16-20)24-14-8-7-13-23(24)21-11-5-2-6-12-21/h1-13,15-18H. The van der Waals surface area contributed by atoms with Crippen molar-refractivity contribution in [2.24, 2.45) is 0 Å². The summed E-state index contributed by atoms with van der Waals surface area (Å²) in [6.07, 6.45) is 0. The van der Waals surface area contributed by atoms with E-state index in [1.165, 1.54) is 27.8 Å². The molecule has 0 atom stereocenters. The molecule has 4 rings (SSSR count). The molecule has 0 heterocycles. The Bertz CT molecular complexity index is 920. The first kappa shape index (κ1) is 14.5. The average molecular weight is 305 g/mol. The van der Waals surface area contributed by atoms with Crippen LogP contribution in [0, 0.1) is 6.07 Å². The van der Waals surface area contributed by atoms with Gasteiger partial charge in [-0.2, -0.15) is 0 Å². The third-order valence-electron chi connectivity index (χ3n) is 4.22. The van der Waals surface area contributed by atoms with Crippen LogP contribution in [-0.4, -0.2) is 0 Å². The third kappa shape index (κ3) is 2.87. The first-order valence-electron chi connectivity index (χ1n) is 8.14. The minimum atomic E-state index is 1.14. The van der Waals surface area contributed by atoms with Crippen LogP contribution in [0.2, 0.25) is 0 Å². The molecule has 0 aliphatic carbocycles. The molecule has 0 saturated carbocycles. The van der Waals surface area contributed by atoms with E-state index >= 15 is 0 Å². The molecule has 0 heteroatoms. The number of hydrogen-bond donors (Lipinski definition) is 0. The summed E-state index contributed by atoms with van der Waals surface area (Å²) in [6.45, 7) is 0. The Labute approximate surface area is 143 Å². The minimum Gasteiger partial charge on any atom is -0.0622 e. The van der Waals surface area contributed by atoms with E-state index in [4.69, 9.17) is 0 Å². The lowest BCUT2D eigenvalue weighted by atomic mass is 9.93. The molecule has 0 spiro atoms. The minimum absolute atomic E-state index is 1.14. The van der Waals surface area contributed by atoms with Crippen LogP contribution in [0.4, 0.5) is 0 Å². The van der Waals surface area contributed by atoms with E-state index in [2.05, 4.69) is 84.9 Å². The van der Waals surface area contributed by atoms with Crippen molar-refractivity contribution in [3.8, 4) is 33.4 Å². The molecule has 4 aromatic rings. The molecule has 0 aromatic heterocycles. The number of benzene rings is 4. The quantitative estimate of drug-likeness (QED) is 0.406. The second kappa shape index (κ2) is 6.55. The number of rotatable bonds is 3. The van der Waals surface area contributed by atoms with Gasteiger partial charge < -0.3 is 0 Å². The summed E-state index contributed by atoms with van der Waals surface area (Å²) < 4.78 is 0. The lowest BCUT2D eigenvalue weighted by Gasteiger charge is -2.10. The maximum atomic E-state index is 3.41. The van der Waals surface area contributed by atoms with Gasteiger partial charge in [0, 0.05) is 0 Å². The molecule has 113 valence electrons.